The van der Waals surface area contributed by atoms with Crippen molar-refractivity contribution >= 4 is 18.2 Å². The van der Waals surface area contributed by atoms with Gasteiger partial charge in [-0.2, -0.15) is 0 Å². The van der Waals surface area contributed by atoms with Gasteiger partial charge in [0.2, 0.25) is 0 Å². The predicted molar refractivity (Wildman–Crippen MR) is 64.0 cm³/mol. The highest BCUT2D eigenvalue weighted by molar-refractivity contribution is 5.69. The van der Waals surface area contributed by atoms with Gasteiger partial charge in [0, 0.05) is 5.56 Å². The Bertz CT molecular complexity index is 373. The number of hydrogen-bond acceptors (Lipinski definition) is 3. The van der Waals surface area contributed by atoms with Crippen molar-refractivity contribution in [1.29, 1.82) is 0 Å². The molecule has 3 nitrogen and oxygen atoms in total. The van der Waals surface area contributed by atoms with Crippen LogP contribution in [0.3, 0.4) is 0 Å². The van der Waals surface area contributed by atoms with Gasteiger partial charge in [-0.05, 0) is 38.1 Å². The van der Waals surface area contributed by atoms with Crippen LogP contribution in [0.5, 0.6) is 0 Å². The van der Waals surface area contributed by atoms with Crippen LogP contribution >= 0.6 is 0 Å². The summed E-state index contributed by atoms with van der Waals surface area (Å²) in [6, 6.07) is 0. The molecule has 3 heteroatoms. The second-order valence-electron chi connectivity index (χ2n) is 2.97. The van der Waals surface area contributed by atoms with Crippen molar-refractivity contribution < 1.29 is 0 Å². The molecule has 0 bridgehead atoms. The summed E-state index contributed by atoms with van der Waals surface area (Å²) in [4.78, 5) is 0. The smallest absolute Gasteiger partial charge is 0.0966 e. The van der Waals surface area contributed by atoms with Crippen LogP contribution < -0.4 is 0 Å². The fraction of sp³-hybridized carbons (Fsp3) is 0.250. The third-order valence-electron chi connectivity index (χ3n) is 1.84. The van der Waals surface area contributed by atoms with Gasteiger partial charge in [-0.1, -0.05) is 24.3 Å². The quantitative estimate of drug-likeness (QED) is 0.754. The molecule has 0 aliphatic carbocycles. The lowest BCUT2D eigenvalue weighted by Gasteiger charge is -2.01. The number of rotatable bonds is 3. The molecule has 0 saturated heterocycles. The minimum atomic E-state index is 0.846. The first-order valence-electron chi connectivity index (χ1n) is 4.95. The maximum atomic E-state index is 4.00. The van der Waals surface area contributed by atoms with Crippen molar-refractivity contribution in [3.05, 3.63) is 35.2 Å². The second kappa shape index (κ2) is 5.86. The normalized spacial score (nSPS) is 12.2. The molecule has 1 aromatic heterocycles. The van der Waals surface area contributed by atoms with Crippen molar-refractivity contribution in [2.75, 3.05) is 0 Å². The van der Waals surface area contributed by atoms with E-state index < -0.39 is 0 Å². The summed E-state index contributed by atoms with van der Waals surface area (Å²) in [6.07, 6.45) is 11.7. The Balaban J connectivity index is 3.33. The number of nitrogens with zero attached hydrogens (tertiary/aromatic N) is 3. The van der Waals surface area contributed by atoms with Crippen molar-refractivity contribution in [2.45, 2.75) is 20.8 Å². The zero-order valence-electron chi connectivity index (χ0n) is 9.31. The summed E-state index contributed by atoms with van der Waals surface area (Å²) in [5.74, 6) is 0. The van der Waals surface area contributed by atoms with Crippen molar-refractivity contribution in [3.63, 3.8) is 0 Å². The zero-order valence-corrected chi connectivity index (χ0v) is 9.31. The standard InChI is InChI=1S/C12H15N3/c1-4-7-10-11(8-5-2)13-15-14-12(10)9-6-3/h4-9H,1-3H3. The van der Waals surface area contributed by atoms with E-state index in [1.165, 1.54) is 0 Å². The molecule has 0 spiro atoms. The molecule has 15 heavy (non-hydrogen) atoms. The highest BCUT2D eigenvalue weighted by Gasteiger charge is 2.04. The number of aromatic nitrogens is 3. The zero-order chi connectivity index (χ0) is 11.1. The van der Waals surface area contributed by atoms with Gasteiger partial charge in [0.15, 0.2) is 0 Å². The fourth-order valence-electron chi connectivity index (χ4n) is 1.26. The SMILES string of the molecule is CC=Cc1nnnc(C=CC)c1C=CC. The summed E-state index contributed by atoms with van der Waals surface area (Å²) in [7, 11) is 0. The molecule has 0 aromatic carbocycles. The number of hydrogen-bond donors (Lipinski definition) is 0. The van der Waals surface area contributed by atoms with Crippen LogP contribution in [0.15, 0.2) is 18.2 Å². The maximum absolute atomic E-state index is 4.00. The van der Waals surface area contributed by atoms with E-state index in [-0.39, 0.29) is 0 Å². The van der Waals surface area contributed by atoms with E-state index in [9.17, 15) is 0 Å². The van der Waals surface area contributed by atoms with Crippen LogP contribution in [0, 0.1) is 0 Å². The first kappa shape index (κ1) is 11.3. The molecule has 0 amide bonds. The average molecular weight is 201 g/mol. The lowest BCUT2D eigenvalue weighted by atomic mass is 10.1. The topological polar surface area (TPSA) is 38.7 Å². The van der Waals surface area contributed by atoms with E-state index in [1.54, 1.807) is 0 Å². The second-order valence-corrected chi connectivity index (χ2v) is 2.97. The van der Waals surface area contributed by atoms with Crippen LogP contribution in [-0.2, 0) is 0 Å². The highest BCUT2D eigenvalue weighted by Crippen LogP contribution is 2.14. The van der Waals surface area contributed by atoms with E-state index in [1.807, 2.05) is 57.2 Å². The molecule has 0 N–H and O–H groups in total. The molecule has 0 atom stereocenters. The van der Waals surface area contributed by atoms with Gasteiger partial charge in [0.1, 0.15) is 0 Å². The van der Waals surface area contributed by atoms with Gasteiger partial charge in [-0.15, -0.1) is 10.2 Å². The van der Waals surface area contributed by atoms with Gasteiger partial charge in [-0.25, -0.2) is 0 Å². The van der Waals surface area contributed by atoms with Crippen LogP contribution in [0.2, 0.25) is 0 Å². The first-order chi connectivity index (χ1) is 7.33. The molecular formula is C12H15N3. The summed E-state index contributed by atoms with van der Waals surface area (Å²) < 4.78 is 0. The lowest BCUT2D eigenvalue weighted by molar-refractivity contribution is 0.847. The van der Waals surface area contributed by atoms with E-state index in [0.717, 1.165) is 17.0 Å². The third kappa shape index (κ3) is 2.84. The molecule has 0 radical (unpaired) electrons. The van der Waals surface area contributed by atoms with E-state index in [4.69, 9.17) is 0 Å². The minimum absolute atomic E-state index is 0.846. The third-order valence-corrected chi connectivity index (χ3v) is 1.84. The van der Waals surface area contributed by atoms with Crippen LogP contribution in [0.25, 0.3) is 18.2 Å². The first-order valence-corrected chi connectivity index (χ1v) is 4.95. The molecule has 0 aliphatic rings. The van der Waals surface area contributed by atoms with Gasteiger partial charge in [0.05, 0.1) is 11.4 Å². The molecule has 0 saturated carbocycles. The fourth-order valence-corrected chi connectivity index (χ4v) is 1.26. The Morgan fingerprint density at radius 2 is 1.20 bits per heavy atom. The Kier molecular flexibility index (Phi) is 4.41. The average Bonchev–Trinajstić information content (AvgIpc) is 2.23. The van der Waals surface area contributed by atoms with Gasteiger partial charge in [0.25, 0.3) is 0 Å². The predicted octanol–water partition coefficient (Wildman–Crippen LogP) is 2.97. The Morgan fingerprint density at radius 1 is 0.733 bits per heavy atom. The van der Waals surface area contributed by atoms with E-state index in [2.05, 4.69) is 15.4 Å². The summed E-state index contributed by atoms with van der Waals surface area (Å²) in [5.41, 5.74) is 2.70. The molecule has 0 aliphatic heterocycles. The van der Waals surface area contributed by atoms with Crippen LogP contribution in [0.1, 0.15) is 37.7 Å². The van der Waals surface area contributed by atoms with Crippen molar-refractivity contribution in [1.82, 2.24) is 15.4 Å². The molecule has 0 unspecified atom stereocenters. The summed E-state index contributed by atoms with van der Waals surface area (Å²) in [6.45, 7) is 5.88. The van der Waals surface area contributed by atoms with Gasteiger partial charge >= 0.3 is 0 Å². The monoisotopic (exact) mass is 201 g/mol. The van der Waals surface area contributed by atoms with E-state index >= 15 is 0 Å². The lowest BCUT2D eigenvalue weighted by Crippen LogP contribution is -1.98. The minimum Gasteiger partial charge on any atom is -0.130 e. The van der Waals surface area contributed by atoms with Crippen molar-refractivity contribution in [3.8, 4) is 0 Å². The number of allylic oxidation sites excluding steroid dienone is 3. The Hall–Kier alpha value is -1.77. The van der Waals surface area contributed by atoms with Gasteiger partial charge < -0.3 is 0 Å². The highest BCUT2D eigenvalue weighted by atomic mass is 15.3. The van der Waals surface area contributed by atoms with Gasteiger partial charge in [-0.3, -0.25) is 0 Å². The van der Waals surface area contributed by atoms with Crippen molar-refractivity contribution in [2.24, 2.45) is 0 Å². The molecule has 0 fully saturated rings. The van der Waals surface area contributed by atoms with E-state index in [0.29, 0.717) is 0 Å². The largest absolute Gasteiger partial charge is 0.130 e. The molecule has 1 aromatic rings. The molecule has 1 rings (SSSR count). The molecule has 78 valence electrons. The molecular weight excluding hydrogens is 186 g/mol. The Labute approximate surface area is 90.2 Å². The van der Waals surface area contributed by atoms with Crippen LogP contribution in [0.4, 0.5) is 0 Å². The maximum Gasteiger partial charge on any atom is 0.0966 e. The summed E-state index contributed by atoms with van der Waals surface area (Å²) >= 11 is 0. The Morgan fingerprint density at radius 3 is 1.60 bits per heavy atom. The summed E-state index contributed by atoms with van der Waals surface area (Å²) in [5, 5.41) is 11.7. The van der Waals surface area contributed by atoms with Crippen LogP contribution in [-0.4, -0.2) is 15.4 Å². The molecule has 1 heterocycles.